The van der Waals surface area contributed by atoms with E-state index in [0.717, 1.165) is 0 Å². The molecule has 0 unspecified atom stereocenters. The number of halogens is 1. The van der Waals surface area contributed by atoms with Crippen LogP contribution in [0.5, 0.6) is 5.75 Å². The summed E-state index contributed by atoms with van der Waals surface area (Å²) in [7, 11) is 0. The summed E-state index contributed by atoms with van der Waals surface area (Å²) in [6.45, 7) is 2.02. The molecule has 5 heteroatoms. The number of phenolic OH excluding ortho intramolecular Hbond substituents is 1. The minimum Gasteiger partial charge on any atom is -0.507 e. The van der Waals surface area contributed by atoms with Crippen molar-refractivity contribution in [2.45, 2.75) is 0 Å². The van der Waals surface area contributed by atoms with Crippen LogP contribution in [0, 0.1) is 5.82 Å². The smallest absolute Gasteiger partial charge is 0.254 e. The van der Waals surface area contributed by atoms with Gasteiger partial charge in [-0.15, -0.1) is 0 Å². The van der Waals surface area contributed by atoms with E-state index >= 15 is 0 Å². The molecule has 0 bridgehead atoms. The topological polar surface area (TPSA) is 49.8 Å². The quantitative estimate of drug-likeness (QED) is 0.867. The fourth-order valence-electron chi connectivity index (χ4n) is 2.40. The van der Waals surface area contributed by atoms with E-state index in [9.17, 15) is 14.3 Å². The van der Waals surface area contributed by atoms with Gasteiger partial charge in [-0.2, -0.15) is 0 Å². The second-order valence-electron chi connectivity index (χ2n) is 4.73. The number of nitrogens with zero attached hydrogens (tertiary/aromatic N) is 1. The first-order chi connectivity index (χ1) is 9.66. The second kappa shape index (κ2) is 5.09. The van der Waals surface area contributed by atoms with Gasteiger partial charge in [0.1, 0.15) is 11.6 Å². The van der Waals surface area contributed by atoms with Crippen LogP contribution in [0.3, 0.4) is 0 Å². The van der Waals surface area contributed by atoms with Gasteiger partial charge in [0.2, 0.25) is 0 Å². The van der Waals surface area contributed by atoms with Crippen molar-refractivity contribution < 1.29 is 19.0 Å². The third-order valence-electron chi connectivity index (χ3n) is 3.47. The predicted molar refractivity (Wildman–Crippen MR) is 72.3 cm³/mol. The van der Waals surface area contributed by atoms with Crippen LogP contribution < -0.4 is 0 Å². The lowest BCUT2D eigenvalue weighted by Crippen LogP contribution is -2.40. The number of aromatic hydroxyl groups is 1. The number of fused-ring (bicyclic) bond motifs is 1. The molecule has 0 saturated carbocycles. The summed E-state index contributed by atoms with van der Waals surface area (Å²) < 4.78 is 19.0. The lowest BCUT2D eigenvalue weighted by Gasteiger charge is -2.27. The molecule has 1 saturated heterocycles. The number of rotatable bonds is 1. The molecule has 2 aromatic carbocycles. The molecule has 0 atom stereocenters. The molecule has 1 fully saturated rings. The summed E-state index contributed by atoms with van der Waals surface area (Å²) in [6, 6.07) is 7.34. The Balaban J connectivity index is 2.03. The lowest BCUT2D eigenvalue weighted by atomic mass is 10.0. The van der Waals surface area contributed by atoms with Gasteiger partial charge in [0.25, 0.3) is 5.91 Å². The largest absolute Gasteiger partial charge is 0.507 e. The Bertz CT molecular complexity index is 665. The fourth-order valence-corrected chi connectivity index (χ4v) is 2.40. The van der Waals surface area contributed by atoms with Gasteiger partial charge in [-0.1, -0.05) is 12.1 Å². The van der Waals surface area contributed by atoms with Gasteiger partial charge in [0.15, 0.2) is 0 Å². The maximum absolute atomic E-state index is 13.8. The minimum absolute atomic E-state index is 0.0846. The van der Waals surface area contributed by atoms with Gasteiger partial charge in [0.05, 0.1) is 13.2 Å². The molecule has 1 heterocycles. The highest BCUT2D eigenvalue weighted by Crippen LogP contribution is 2.29. The summed E-state index contributed by atoms with van der Waals surface area (Å²) in [5.41, 5.74) is 0.294. The second-order valence-corrected chi connectivity index (χ2v) is 4.73. The van der Waals surface area contributed by atoms with Crippen molar-refractivity contribution in [3.8, 4) is 5.75 Å². The Hall–Kier alpha value is -2.14. The number of morpholine rings is 1. The monoisotopic (exact) mass is 275 g/mol. The van der Waals surface area contributed by atoms with E-state index in [1.54, 1.807) is 11.0 Å². The predicted octanol–water partition coefficient (Wildman–Crippen LogP) is 2.16. The van der Waals surface area contributed by atoms with E-state index in [0.29, 0.717) is 37.3 Å². The first-order valence-electron chi connectivity index (χ1n) is 6.45. The molecule has 1 N–H and O–H groups in total. The van der Waals surface area contributed by atoms with Crippen molar-refractivity contribution >= 4 is 16.7 Å². The molecule has 1 amide bonds. The highest BCUT2D eigenvalue weighted by molar-refractivity contribution is 6.01. The molecular formula is C15H14FNO3. The van der Waals surface area contributed by atoms with Crippen LogP contribution in [-0.2, 0) is 4.74 Å². The highest BCUT2D eigenvalue weighted by Gasteiger charge is 2.20. The van der Waals surface area contributed by atoms with E-state index in [1.165, 1.54) is 24.3 Å². The van der Waals surface area contributed by atoms with Crippen molar-refractivity contribution in [1.82, 2.24) is 4.90 Å². The summed E-state index contributed by atoms with van der Waals surface area (Å²) in [5, 5.41) is 10.6. The van der Waals surface area contributed by atoms with Crippen LogP contribution in [0.4, 0.5) is 4.39 Å². The van der Waals surface area contributed by atoms with Crippen LogP contribution in [-0.4, -0.2) is 42.2 Å². The average Bonchev–Trinajstić information content (AvgIpc) is 2.48. The molecule has 0 aliphatic carbocycles. The van der Waals surface area contributed by atoms with E-state index < -0.39 is 5.82 Å². The Morgan fingerprint density at radius 2 is 1.95 bits per heavy atom. The van der Waals surface area contributed by atoms with Crippen LogP contribution in [0.15, 0.2) is 30.3 Å². The zero-order chi connectivity index (χ0) is 14.1. The molecule has 104 valence electrons. The third-order valence-corrected chi connectivity index (χ3v) is 3.47. The van der Waals surface area contributed by atoms with Gasteiger partial charge < -0.3 is 14.7 Å². The fraction of sp³-hybridized carbons (Fsp3) is 0.267. The Morgan fingerprint density at radius 1 is 1.20 bits per heavy atom. The van der Waals surface area contributed by atoms with E-state index in [-0.39, 0.29) is 17.0 Å². The lowest BCUT2D eigenvalue weighted by molar-refractivity contribution is 0.0303. The van der Waals surface area contributed by atoms with Crippen molar-refractivity contribution in [3.63, 3.8) is 0 Å². The van der Waals surface area contributed by atoms with Crippen molar-refractivity contribution in [1.29, 1.82) is 0 Å². The van der Waals surface area contributed by atoms with Gasteiger partial charge in [-0.25, -0.2) is 4.39 Å². The number of carbonyl (C=O) groups excluding carboxylic acids is 1. The van der Waals surface area contributed by atoms with Gasteiger partial charge >= 0.3 is 0 Å². The number of benzene rings is 2. The minimum atomic E-state index is -0.450. The maximum Gasteiger partial charge on any atom is 0.254 e. The van der Waals surface area contributed by atoms with Crippen molar-refractivity contribution in [2.75, 3.05) is 26.3 Å². The Labute approximate surface area is 115 Å². The normalized spacial score (nSPS) is 15.6. The number of carbonyl (C=O) groups is 1. The number of hydrogen-bond donors (Lipinski definition) is 1. The van der Waals surface area contributed by atoms with Crippen molar-refractivity contribution in [3.05, 3.63) is 41.7 Å². The average molecular weight is 275 g/mol. The zero-order valence-corrected chi connectivity index (χ0v) is 10.8. The van der Waals surface area contributed by atoms with E-state index in [4.69, 9.17) is 4.74 Å². The molecule has 0 spiro atoms. The summed E-state index contributed by atoms with van der Waals surface area (Å²) >= 11 is 0. The molecule has 0 radical (unpaired) electrons. The van der Waals surface area contributed by atoms with Crippen LogP contribution in [0.1, 0.15) is 10.4 Å². The third kappa shape index (κ3) is 2.20. The van der Waals surface area contributed by atoms with Crippen molar-refractivity contribution in [2.24, 2.45) is 0 Å². The van der Waals surface area contributed by atoms with Crippen LogP contribution in [0.2, 0.25) is 0 Å². The molecule has 20 heavy (non-hydrogen) atoms. The Kier molecular flexibility index (Phi) is 3.28. The molecule has 2 aromatic rings. The molecule has 4 nitrogen and oxygen atoms in total. The summed E-state index contributed by atoms with van der Waals surface area (Å²) in [6.07, 6.45) is 0. The molecule has 0 aromatic heterocycles. The molecule has 1 aliphatic rings. The van der Waals surface area contributed by atoms with E-state index in [1.807, 2.05) is 0 Å². The highest BCUT2D eigenvalue weighted by atomic mass is 19.1. The number of hydrogen-bond acceptors (Lipinski definition) is 3. The first kappa shape index (κ1) is 12.9. The Morgan fingerprint density at radius 3 is 2.70 bits per heavy atom. The summed E-state index contributed by atoms with van der Waals surface area (Å²) in [5.74, 6) is -0.748. The van der Waals surface area contributed by atoms with Crippen LogP contribution >= 0.6 is 0 Å². The van der Waals surface area contributed by atoms with Gasteiger partial charge in [0, 0.05) is 29.4 Å². The van der Waals surface area contributed by atoms with E-state index in [2.05, 4.69) is 0 Å². The zero-order valence-electron chi connectivity index (χ0n) is 10.8. The molecular weight excluding hydrogens is 261 g/mol. The first-order valence-corrected chi connectivity index (χ1v) is 6.45. The van der Waals surface area contributed by atoms with Crippen LogP contribution in [0.25, 0.3) is 10.8 Å². The number of ether oxygens (including phenoxy) is 1. The number of phenols is 1. The SMILES string of the molecule is O=C(c1cc(O)c2cccc(F)c2c1)N1CCOCC1. The summed E-state index contributed by atoms with van der Waals surface area (Å²) in [4.78, 5) is 14.0. The number of amides is 1. The standard InChI is InChI=1S/C15H14FNO3/c16-13-3-1-2-11-12(13)8-10(9-14(11)18)15(19)17-4-6-20-7-5-17/h1-3,8-9,18H,4-7H2. The molecule has 3 rings (SSSR count). The molecule has 1 aliphatic heterocycles. The maximum atomic E-state index is 13.8. The van der Waals surface area contributed by atoms with Gasteiger partial charge in [-0.3, -0.25) is 4.79 Å². The van der Waals surface area contributed by atoms with Gasteiger partial charge in [-0.05, 0) is 18.2 Å².